The highest BCUT2D eigenvalue weighted by Gasteiger charge is 2.00. The molecule has 0 aliphatic carbocycles. The van der Waals surface area contributed by atoms with Gasteiger partial charge < -0.3 is 10.1 Å². The van der Waals surface area contributed by atoms with Crippen molar-refractivity contribution in [2.75, 3.05) is 13.2 Å². The van der Waals surface area contributed by atoms with Gasteiger partial charge in [0.25, 0.3) is 0 Å². The molecule has 0 saturated carbocycles. The summed E-state index contributed by atoms with van der Waals surface area (Å²) in [5, 5.41) is 2.90. The highest BCUT2D eigenvalue weighted by molar-refractivity contribution is 5.75. The van der Waals surface area contributed by atoms with E-state index >= 15 is 0 Å². The number of nitrogens with one attached hydrogen (secondary N) is 1. The fourth-order valence-corrected chi connectivity index (χ4v) is 1.20. The summed E-state index contributed by atoms with van der Waals surface area (Å²) in [5.74, 6) is 0.174. The van der Waals surface area contributed by atoms with Gasteiger partial charge in [0, 0.05) is 21.0 Å². The van der Waals surface area contributed by atoms with Gasteiger partial charge in [0.15, 0.2) is 0 Å². The molecule has 0 spiro atoms. The summed E-state index contributed by atoms with van der Waals surface area (Å²) in [6, 6.07) is 0. The minimum Gasteiger partial charge on any atom is -0.379 e. The van der Waals surface area contributed by atoms with E-state index in [0.717, 1.165) is 38.8 Å². The predicted molar refractivity (Wildman–Crippen MR) is 76.3 cm³/mol. The predicted octanol–water partition coefficient (Wildman–Crippen LogP) is 3.77. The molecule has 0 aliphatic rings. The molecule has 3 nitrogen and oxygen atoms in total. The molecule has 0 aliphatic heterocycles. The Kier molecular flexibility index (Phi) is 17.1. The number of ether oxygens (including phenoxy) is 1. The standard InChI is InChI=1S/C12H25NO2.C2H6.H2/c1-4-5-9-13-12(14)8-6-7-10-15-11(2)3;1-2;/h11H,4-10H2,1-3H3,(H,13,14);1-2H3;1H. The number of carbonyl (C=O) groups is 1. The monoisotopic (exact) mass is 247 g/mol. The lowest BCUT2D eigenvalue weighted by molar-refractivity contribution is -0.121. The second kappa shape index (κ2) is 15.4. The summed E-state index contributed by atoms with van der Waals surface area (Å²) in [5.41, 5.74) is 0. The Morgan fingerprint density at radius 3 is 2.41 bits per heavy atom. The van der Waals surface area contributed by atoms with Crippen molar-refractivity contribution in [2.45, 2.75) is 72.8 Å². The van der Waals surface area contributed by atoms with Crippen LogP contribution in [0.2, 0.25) is 0 Å². The summed E-state index contributed by atoms with van der Waals surface area (Å²) >= 11 is 0. The van der Waals surface area contributed by atoms with E-state index in [2.05, 4.69) is 12.2 Å². The molecule has 1 amide bonds. The topological polar surface area (TPSA) is 38.3 Å². The fraction of sp³-hybridized carbons (Fsp3) is 0.929. The highest BCUT2D eigenvalue weighted by Crippen LogP contribution is 1.98. The SMILES string of the molecule is CC.CCCCNC(=O)CCCCOC(C)C.[HH]. The summed E-state index contributed by atoms with van der Waals surface area (Å²) in [7, 11) is 0. The Balaban J connectivity index is -0.000000709. The van der Waals surface area contributed by atoms with Crippen LogP contribution in [0.3, 0.4) is 0 Å². The number of hydrogen-bond acceptors (Lipinski definition) is 2. The summed E-state index contributed by atoms with van der Waals surface area (Å²) in [4.78, 5) is 11.3. The van der Waals surface area contributed by atoms with Gasteiger partial charge in [0.2, 0.25) is 5.91 Å². The third-order valence-corrected chi connectivity index (χ3v) is 2.10. The number of unbranched alkanes of at least 4 members (excludes halogenated alkanes) is 2. The lowest BCUT2D eigenvalue weighted by atomic mass is 10.2. The number of rotatable bonds is 9. The van der Waals surface area contributed by atoms with Gasteiger partial charge in [-0.2, -0.15) is 0 Å². The lowest BCUT2D eigenvalue weighted by Crippen LogP contribution is -2.23. The number of carbonyl (C=O) groups excluding carboxylic acids is 1. The highest BCUT2D eigenvalue weighted by atomic mass is 16.5. The van der Waals surface area contributed by atoms with Crippen LogP contribution in [0.25, 0.3) is 0 Å². The van der Waals surface area contributed by atoms with E-state index in [1.54, 1.807) is 0 Å². The largest absolute Gasteiger partial charge is 0.379 e. The van der Waals surface area contributed by atoms with E-state index in [1.807, 2.05) is 27.7 Å². The van der Waals surface area contributed by atoms with Crippen LogP contribution in [0.15, 0.2) is 0 Å². The van der Waals surface area contributed by atoms with Crippen LogP contribution in [-0.4, -0.2) is 25.2 Å². The molecule has 1 N–H and O–H groups in total. The van der Waals surface area contributed by atoms with Crippen molar-refractivity contribution < 1.29 is 11.0 Å². The van der Waals surface area contributed by atoms with E-state index in [9.17, 15) is 4.79 Å². The molecule has 0 bridgehead atoms. The van der Waals surface area contributed by atoms with E-state index in [1.165, 1.54) is 0 Å². The van der Waals surface area contributed by atoms with Gasteiger partial charge in [0.1, 0.15) is 0 Å². The Labute approximate surface area is 109 Å². The first-order chi connectivity index (χ1) is 8.16. The maximum atomic E-state index is 11.3. The maximum Gasteiger partial charge on any atom is 0.219 e. The normalized spacial score (nSPS) is 9.76. The van der Waals surface area contributed by atoms with Crippen LogP contribution in [0.1, 0.15) is 68.1 Å². The molecule has 106 valence electrons. The zero-order chi connectivity index (χ0) is 13.5. The van der Waals surface area contributed by atoms with Gasteiger partial charge in [-0.3, -0.25) is 4.79 Å². The Morgan fingerprint density at radius 2 is 1.88 bits per heavy atom. The number of hydrogen-bond donors (Lipinski definition) is 1. The van der Waals surface area contributed by atoms with E-state index < -0.39 is 0 Å². The Hall–Kier alpha value is -0.570. The van der Waals surface area contributed by atoms with E-state index in [-0.39, 0.29) is 7.33 Å². The molecule has 0 aromatic rings. The van der Waals surface area contributed by atoms with E-state index in [4.69, 9.17) is 4.74 Å². The smallest absolute Gasteiger partial charge is 0.219 e. The van der Waals surface area contributed by atoms with Crippen molar-refractivity contribution in [1.82, 2.24) is 5.32 Å². The van der Waals surface area contributed by atoms with Gasteiger partial charge in [-0.05, 0) is 33.1 Å². The lowest BCUT2D eigenvalue weighted by Gasteiger charge is -2.07. The van der Waals surface area contributed by atoms with Gasteiger partial charge in [0.05, 0.1) is 6.10 Å². The van der Waals surface area contributed by atoms with Crippen LogP contribution in [0.4, 0.5) is 0 Å². The van der Waals surface area contributed by atoms with Crippen molar-refractivity contribution >= 4 is 5.91 Å². The zero-order valence-corrected chi connectivity index (χ0v) is 12.3. The van der Waals surface area contributed by atoms with Gasteiger partial charge in [-0.25, -0.2) is 0 Å². The molecule has 0 radical (unpaired) electrons. The van der Waals surface area contributed by atoms with Crippen LogP contribution >= 0.6 is 0 Å². The molecule has 0 heterocycles. The number of amides is 1. The average molecular weight is 247 g/mol. The quantitative estimate of drug-likeness (QED) is 0.630. The molecule has 0 saturated heterocycles. The first-order valence-electron chi connectivity index (χ1n) is 7.05. The first kappa shape index (κ1) is 18.8. The summed E-state index contributed by atoms with van der Waals surface area (Å²) in [6.45, 7) is 11.8. The second-order valence-electron chi connectivity index (χ2n) is 4.08. The summed E-state index contributed by atoms with van der Waals surface area (Å²) in [6.07, 6.45) is 5.02. The second-order valence-corrected chi connectivity index (χ2v) is 4.08. The molecule has 0 fully saturated rings. The third kappa shape index (κ3) is 18.0. The molecule has 0 aromatic carbocycles. The van der Waals surface area contributed by atoms with Gasteiger partial charge in [-0.15, -0.1) is 0 Å². The first-order valence-corrected chi connectivity index (χ1v) is 7.05. The van der Waals surface area contributed by atoms with Crippen molar-refractivity contribution in [3.05, 3.63) is 0 Å². The van der Waals surface area contributed by atoms with Crippen LogP contribution in [0, 0.1) is 0 Å². The molecule has 0 rings (SSSR count). The average Bonchev–Trinajstić information content (AvgIpc) is 2.31. The van der Waals surface area contributed by atoms with Crippen molar-refractivity contribution in [3.8, 4) is 0 Å². The van der Waals surface area contributed by atoms with Gasteiger partial charge >= 0.3 is 0 Å². The minimum absolute atomic E-state index is 0. The fourth-order valence-electron chi connectivity index (χ4n) is 1.20. The van der Waals surface area contributed by atoms with Crippen LogP contribution in [0.5, 0.6) is 0 Å². The minimum atomic E-state index is 0. The van der Waals surface area contributed by atoms with Crippen molar-refractivity contribution in [1.29, 1.82) is 0 Å². The van der Waals surface area contributed by atoms with E-state index in [0.29, 0.717) is 12.5 Å². The van der Waals surface area contributed by atoms with Crippen molar-refractivity contribution in [3.63, 3.8) is 0 Å². The Morgan fingerprint density at radius 1 is 1.24 bits per heavy atom. The molecular weight excluding hydrogens is 214 g/mol. The van der Waals surface area contributed by atoms with Crippen LogP contribution in [-0.2, 0) is 9.53 Å². The van der Waals surface area contributed by atoms with Gasteiger partial charge in [-0.1, -0.05) is 27.2 Å². The third-order valence-electron chi connectivity index (χ3n) is 2.10. The molecule has 17 heavy (non-hydrogen) atoms. The maximum absolute atomic E-state index is 11.3. The summed E-state index contributed by atoms with van der Waals surface area (Å²) < 4.78 is 5.39. The Bertz CT molecular complexity index is 164. The molecule has 0 unspecified atom stereocenters. The molecule has 0 aromatic heterocycles. The molecule has 3 heteroatoms. The zero-order valence-electron chi connectivity index (χ0n) is 12.3. The van der Waals surface area contributed by atoms with Crippen LogP contribution < -0.4 is 5.32 Å². The molecular formula is C14H33NO2. The van der Waals surface area contributed by atoms with Crippen molar-refractivity contribution in [2.24, 2.45) is 0 Å². The molecule has 0 atom stereocenters.